The van der Waals surface area contributed by atoms with E-state index >= 15 is 0 Å². The molecule has 0 amide bonds. The Morgan fingerprint density at radius 3 is 2.86 bits per heavy atom. The number of rotatable bonds is 2. The van der Waals surface area contributed by atoms with Crippen LogP contribution in [0.25, 0.3) is 0 Å². The highest BCUT2D eigenvalue weighted by molar-refractivity contribution is 9.10. The molecule has 1 nitrogen and oxygen atoms in total. The number of halogens is 1. The van der Waals surface area contributed by atoms with Crippen LogP contribution in [0.1, 0.15) is 30.6 Å². The highest BCUT2D eigenvalue weighted by atomic mass is 79.9. The Kier molecular flexibility index (Phi) is 2.22. The minimum atomic E-state index is 0.340. The lowest BCUT2D eigenvalue weighted by atomic mass is 9.90. The highest BCUT2D eigenvalue weighted by Gasteiger charge is 2.49. The van der Waals surface area contributed by atoms with Crippen molar-refractivity contribution in [3.05, 3.63) is 20.8 Å². The van der Waals surface area contributed by atoms with Crippen LogP contribution in [0.5, 0.6) is 0 Å². The van der Waals surface area contributed by atoms with E-state index in [0.29, 0.717) is 5.54 Å². The fraction of sp³-hybridized carbons (Fsp3) is 0.636. The third-order valence-electron chi connectivity index (χ3n) is 3.48. The molecule has 1 atom stereocenters. The predicted molar refractivity (Wildman–Crippen MR) is 63.7 cm³/mol. The van der Waals surface area contributed by atoms with E-state index in [-0.39, 0.29) is 0 Å². The van der Waals surface area contributed by atoms with Crippen LogP contribution < -0.4 is 5.32 Å². The molecular weight excluding hydrogens is 258 g/mol. The van der Waals surface area contributed by atoms with Gasteiger partial charge >= 0.3 is 0 Å². The van der Waals surface area contributed by atoms with Gasteiger partial charge in [-0.1, -0.05) is 0 Å². The van der Waals surface area contributed by atoms with Crippen LogP contribution in [0.3, 0.4) is 0 Å². The average Bonchev–Trinajstić information content (AvgIpc) is 2.77. The second kappa shape index (κ2) is 3.32. The smallest absolute Gasteiger partial charge is 0.0569 e. The van der Waals surface area contributed by atoms with Crippen molar-refractivity contribution in [1.82, 2.24) is 5.32 Å². The molecule has 2 aliphatic rings. The van der Waals surface area contributed by atoms with Gasteiger partial charge in [-0.15, -0.1) is 11.3 Å². The molecular formula is C11H14BrNS. The molecule has 1 N–H and O–H groups in total. The Balaban J connectivity index is 2.03. The summed E-state index contributed by atoms with van der Waals surface area (Å²) in [5.74, 6) is 0.903. The van der Waals surface area contributed by atoms with Crippen molar-refractivity contribution < 1.29 is 0 Å². The van der Waals surface area contributed by atoms with E-state index in [2.05, 4.69) is 32.7 Å². The molecule has 1 aromatic heterocycles. The van der Waals surface area contributed by atoms with Crippen LogP contribution in [-0.2, 0) is 5.54 Å². The maximum Gasteiger partial charge on any atom is 0.0569 e. The van der Waals surface area contributed by atoms with Crippen molar-refractivity contribution >= 4 is 27.3 Å². The first kappa shape index (κ1) is 9.37. The summed E-state index contributed by atoms with van der Waals surface area (Å²) in [6.45, 7) is 1.20. The van der Waals surface area contributed by atoms with Crippen molar-refractivity contribution in [2.75, 3.05) is 6.54 Å². The maximum atomic E-state index is 3.76. The summed E-state index contributed by atoms with van der Waals surface area (Å²) in [5, 5.41) is 5.95. The standard InChI is InChI=1S/C11H14BrNS/c12-9-4-7-14-10(9)11(8-2-3-8)5-1-6-13-11/h4,7-8,13H,1-3,5-6H2. The van der Waals surface area contributed by atoms with Crippen molar-refractivity contribution in [2.24, 2.45) is 5.92 Å². The van der Waals surface area contributed by atoms with Crippen LogP contribution in [0.15, 0.2) is 15.9 Å². The summed E-state index contributed by atoms with van der Waals surface area (Å²) in [7, 11) is 0. The lowest BCUT2D eigenvalue weighted by Crippen LogP contribution is -2.38. The maximum absolute atomic E-state index is 3.76. The molecule has 0 bridgehead atoms. The van der Waals surface area contributed by atoms with E-state index in [9.17, 15) is 0 Å². The van der Waals surface area contributed by atoms with Crippen molar-refractivity contribution in [1.29, 1.82) is 0 Å². The predicted octanol–water partition coefficient (Wildman–Crippen LogP) is 3.50. The molecule has 0 radical (unpaired) electrons. The second-order valence-corrected chi connectivity index (χ2v) is 6.14. The molecule has 76 valence electrons. The zero-order chi connectivity index (χ0) is 9.60. The molecule has 1 saturated heterocycles. The monoisotopic (exact) mass is 271 g/mol. The van der Waals surface area contributed by atoms with E-state index in [4.69, 9.17) is 0 Å². The number of hydrogen-bond acceptors (Lipinski definition) is 2. The first-order chi connectivity index (χ1) is 6.83. The van der Waals surface area contributed by atoms with Crippen LogP contribution in [0.2, 0.25) is 0 Å². The molecule has 1 aromatic rings. The zero-order valence-corrected chi connectivity index (χ0v) is 10.5. The quantitative estimate of drug-likeness (QED) is 0.868. The molecule has 1 aliphatic heterocycles. The molecule has 3 heteroatoms. The van der Waals surface area contributed by atoms with Crippen LogP contribution >= 0.6 is 27.3 Å². The van der Waals surface area contributed by atoms with Crippen LogP contribution in [-0.4, -0.2) is 6.54 Å². The molecule has 1 saturated carbocycles. The fourth-order valence-corrected chi connectivity index (χ4v) is 4.70. The average molecular weight is 272 g/mol. The van der Waals surface area contributed by atoms with Gasteiger partial charge in [0.2, 0.25) is 0 Å². The largest absolute Gasteiger partial charge is 0.306 e. The first-order valence-electron chi connectivity index (χ1n) is 5.31. The minimum absolute atomic E-state index is 0.340. The lowest BCUT2D eigenvalue weighted by molar-refractivity contribution is 0.342. The zero-order valence-electron chi connectivity index (χ0n) is 8.05. The fourth-order valence-electron chi connectivity index (χ4n) is 2.68. The van der Waals surface area contributed by atoms with Gasteiger partial charge in [0.25, 0.3) is 0 Å². The number of hydrogen-bond donors (Lipinski definition) is 1. The Bertz CT molecular complexity index is 337. The summed E-state index contributed by atoms with van der Waals surface area (Å²) in [6.07, 6.45) is 5.49. The van der Waals surface area contributed by atoms with E-state index in [1.54, 1.807) is 0 Å². The van der Waals surface area contributed by atoms with Gasteiger partial charge < -0.3 is 5.32 Å². The molecule has 0 aromatic carbocycles. The molecule has 1 unspecified atom stereocenters. The highest BCUT2D eigenvalue weighted by Crippen LogP contribution is 2.53. The van der Waals surface area contributed by atoms with Gasteiger partial charge in [0, 0.05) is 9.35 Å². The first-order valence-corrected chi connectivity index (χ1v) is 6.99. The SMILES string of the molecule is Brc1ccsc1C1(C2CC2)CCCN1. The van der Waals surface area contributed by atoms with Crippen LogP contribution in [0.4, 0.5) is 0 Å². The molecule has 3 rings (SSSR count). The summed E-state index contributed by atoms with van der Waals surface area (Å²) in [6, 6.07) is 2.18. The van der Waals surface area contributed by atoms with E-state index < -0.39 is 0 Å². The summed E-state index contributed by atoms with van der Waals surface area (Å²) in [5.41, 5.74) is 0.340. The summed E-state index contributed by atoms with van der Waals surface area (Å²) in [4.78, 5) is 1.54. The summed E-state index contributed by atoms with van der Waals surface area (Å²) >= 11 is 5.58. The topological polar surface area (TPSA) is 12.0 Å². The lowest BCUT2D eigenvalue weighted by Gasteiger charge is -2.29. The van der Waals surface area contributed by atoms with Gasteiger partial charge in [-0.2, -0.15) is 0 Å². The Hall–Kier alpha value is 0.140. The molecule has 2 fully saturated rings. The van der Waals surface area contributed by atoms with Gasteiger partial charge in [-0.05, 0) is 65.5 Å². The van der Waals surface area contributed by atoms with Crippen LogP contribution in [0, 0.1) is 5.92 Å². The Labute approximate surface area is 97.0 Å². The molecule has 2 heterocycles. The van der Waals surface area contributed by atoms with Gasteiger partial charge in [0.1, 0.15) is 0 Å². The molecule has 0 spiro atoms. The van der Waals surface area contributed by atoms with Crippen molar-refractivity contribution in [3.8, 4) is 0 Å². The summed E-state index contributed by atoms with van der Waals surface area (Å²) < 4.78 is 1.31. The Morgan fingerprint density at radius 2 is 2.36 bits per heavy atom. The van der Waals surface area contributed by atoms with E-state index in [1.165, 1.54) is 41.6 Å². The van der Waals surface area contributed by atoms with E-state index in [0.717, 1.165) is 5.92 Å². The third-order valence-corrected chi connectivity index (χ3v) is 5.50. The third kappa shape index (κ3) is 1.29. The second-order valence-electron chi connectivity index (χ2n) is 4.37. The van der Waals surface area contributed by atoms with Gasteiger partial charge in [0.15, 0.2) is 0 Å². The minimum Gasteiger partial charge on any atom is -0.306 e. The van der Waals surface area contributed by atoms with Gasteiger partial charge in [-0.25, -0.2) is 0 Å². The van der Waals surface area contributed by atoms with E-state index in [1.807, 2.05) is 11.3 Å². The molecule has 14 heavy (non-hydrogen) atoms. The molecule has 1 aliphatic carbocycles. The normalized spacial score (nSPS) is 32.4. The van der Waals surface area contributed by atoms with Crippen molar-refractivity contribution in [2.45, 2.75) is 31.2 Å². The van der Waals surface area contributed by atoms with Gasteiger partial charge in [-0.3, -0.25) is 0 Å². The van der Waals surface area contributed by atoms with Gasteiger partial charge in [0.05, 0.1) is 5.54 Å². The Morgan fingerprint density at radius 1 is 1.50 bits per heavy atom. The number of thiophene rings is 1. The number of nitrogens with one attached hydrogen (secondary N) is 1. The van der Waals surface area contributed by atoms with Crippen molar-refractivity contribution in [3.63, 3.8) is 0 Å².